The van der Waals surface area contributed by atoms with Gasteiger partial charge in [-0.2, -0.15) is 0 Å². The lowest BCUT2D eigenvalue weighted by Crippen LogP contribution is -2.36. The van der Waals surface area contributed by atoms with Crippen molar-refractivity contribution in [2.24, 2.45) is 0 Å². The van der Waals surface area contributed by atoms with Gasteiger partial charge in [0.2, 0.25) is 15.9 Å². The van der Waals surface area contributed by atoms with Crippen molar-refractivity contribution in [3.8, 4) is 0 Å². The quantitative estimate of drug-likeness (QED) is 0.774. The van der Waals surface area contributed by atoms with Crippen molar-refractivity contribution in [1.82, 2.24) is 4.90 Å². The first-order chi connectivity index (χ1) is 9.79. The van der Waals surface area contributed by atoms with E-state index in [0.717, 1.165) is 11.8 Å². The molecule has 1 rings (SSSR count). The van der Waals surface area contributed by atoms with Crippen molar-refractivity contribution in [2.75, 3.05) is 30.2 Å². The number of hydrogen-bond donors (Lipinski definition) is 0. The molecule has 6 heteroatoms. The molecule has 0 radical (unpaired) electrons. The highest BCUT2D eigenvalue weighted by molar-refractivity contribution is 7.92. The number of amides is 1. The van der Waals surface area contributed by atoms with E-state index in [9.17, 15) is 13.2 Å². The number of benzene rings is 1. The van der Waals surface area contributed by atoms with Crippen LogP contribution in [0.4, 0.5) is 5.69 Å². The number of sulfonamides is 1. The monoisotopic (exact) mass is 312 g/mol. The van der Waals surface area contributed by atoms with Crippen molar-refractivity contribution in [2.45, 2.75) is 27.2 Å². The fourth-order valence-electron chi connectivity index (χ4n) is 2.13. The van der Waals surface area contributed by atoms with Gasteiger partial charge in [-0.1, -0.05) is 17.7 Å². The molecule has 118 valence electrons. The van der Waals surface area contributed by atoms with Gasteiger partial charge in [-0.25, -0.2) is 8.42 Å². The van der Waals surface area contributed by atoms with E-state index in [1.165, 1.54) is 4.31 Å². The zero-order valence-corrected chi connectivity index (χ0v) is 14.0. The van der Waals surface area contributed by atoms with Crippen LogP contribution in [0.1, 0.15) is 25.8 Å². The van der Waals surface area contributed by atoms with Crippen LogP contribution in [0.15, 0.2) is 24.3 Å². The first-order valence-electron chi connectivity index (χ1n) is 7.11. The van der Waals surface area contributed by atoms with E-state index in [4.69, 9.17) is 0 Å². The van der Waals surface area contributed by atoms with Crippen molar-refractivity contribution in [1.29, 1.82) is 0 Å². The molecule has 0 aliphatic heterocycles. The normalized spacial score (nSPS) is 11.2. The van der Waals surface area contributed by atoms with Crippen LogP contribution in [-0.2, 0) is 14.8 Å². The predicted octanol–water partition coefficient (Wildman–Crippen LogP) is 2.02. The van der Waals surface area contributed by atoms with Gasteiger partial charge in [0.25, 0.3) is 0 Å². The molecule has 0 saturated carbocycles. The van der Waals surface area contributed by atoms with Crippen molar-refractivity contribution in [3.63, 3.8) is 0 Å². The van der Waals surface area contributed by atoms with Gasteiger partial charge in [0.15, 0.2) is 0 Å². The Labute approximate surface area is 127 Å². The van der Waals surface area contributed by atoms with Crippen molar-refractivity contribution >= 4 is 21.6 Å². The summed E-state index contributed by atoms with van der Waals surface area (Å²) in [6, 6.07) is 7.25. The van der Waals surface area contributed by atoms with Gasteiger partial charge < -0.3 is 4.90 Å². The second-order valence-electron chi connectivity index (χ2n) is 4.99. The lowest BCUT2D eigenvalue weighted by Gasteiger charge is -2.24. The fourth-order valence-corrected chi connectivity index (χ4v) is 3.06. The maximum atomic E-state index is 12.0. The smallest absolute Gasteiger partial charge is 0.232 e. The Morgan fingerprint density at radius 1 is 1.10 bits per heavy atom. The number of rotatable bonds is 7. The molecule has 0 unspecified atom stereocenters. The van der Waals surface area contributed by atoms with Crippen molar-refractivity contribution in [3.05, 3.63) is 29.8 Å². The van der Waals surface area contributed by atoms with Crippen LogP contribution in [0.25, 0.3) is 0 Å². The molecule has 0 bridgehead atoms. The average Bonchev–Trinajstić information content (AvgIpc) is 2.41. The van der Waals surface area contributed by atoms with E-state index < -0.39 is 10.0 Å². The highest BCUT2D eigenvalue weighted by atomic mass is 32.2. The Kier molecular flexibility index (Phi) is 6.20. The van der Waals surface area contributed by atoms with Gasteiger partial charge in [0.05, 0.1) is 11.9 Å². The van der Waals surface area contributed by atoms with E-state index in [2.05, 4.69) is 0 Å². The Morgan fingerprint density at radius 3 is 2.05 bits per heavy atom. The molecular formula is C15H24N2O3S. The SMILES string of the molecule is CCN(CC)C(=O)CCN(c1ccc(C)cc1)S(C)(=O)=O. The summed E-state index contributed by atoms with van der Waals surface area (Å²) >= 11 is 0. The zero-order chi connectivity index (χ0) is 16.0. The molecular weight excluding hydrogens is 288 g/mol. The molecule has 0 N–H and O–H groups in total. The van der Waals surface area contributed by atoms with Crippen LogP contribution < -0.4 is 4.31 Å². The van der Waals surface area contributed by atoms with Gasteiger partial charge in [-0.15, -0.1) is 0 Å². The number of carbonyl (C=O) groups excluding carboxylic acids is 1. The molecule has 21 heavy (non-hydrogen) atoms. The summed E-state index contributed by atoms with van der Waals surface area (Å²) in [5.74, 6) is -0.0271. The predicted molar refractivity (Wildman–Crippen MR) is 85.9 cm³/mol. The molecule has 0 aromatic heterocycles. The number of aryl methyl sites for hydroxylation is 1. The van der Waals surface area contributed by atoms with E-state index in [0.29, 0.717) is 18.8 Å². The molecule has 0 atom stereocenters. The second-order valence-corrected chi connectivity index (χ2v) is 6.89. The van der Waals surface area contributed by atoms with E-state index in [-0.39, 0.29) is 18.9 Å². The van der Waals surface area contributed by atoms with Gasteiger partial charge in [-0.3, -0.25) is 9.10 Å². The molecule has 0 saturated heterocycles. The van der Waals surface area contributed by atoms with Crippen LogP contribution in [0, 0.1) is 6.92 Å². The van der Waals surface area contributed by atoms with E-state index >= 15 is 0 Å². The van der Waals surface area contributed by atoms with Crippen LogP contribution >= 0.6 is 0 Å². The molecule has 0 aliphatic carbocycles. The summed E-state index contributed by atoms with van der Waals surface area (Å²) in [6.45, 7) is 7.21. The summed E-state index contributed by atoms with van der Waals surface area (Å²) in [7, 11) is -3.40. The zero-order valence-electron chi connectivity index (χ0n) is 13.2. The third-order valence-corrected chi connectivity index (χ3v) is 4.56. The van der Waals surface area contributed by atoms with Crippen molar-refractivity contribution < 1.29 is 13.2 Å². The topological polar surface area (TPSA) is 57.7 Å². The molecule has 0 fully saturated rings. The van der Waals surface area contributed by atoms with Gasteiger partial charge in [0, 0.05) is 26.1 Å². The fraction of sp³-hybridized carbons (Fsp3) is 0.533. The molecule has 0 heterocycles. The van der Waals surface area contributed by atoms with Crippen LogP contribution in [0.5, 0.6) is 0 Å². The minimum atomic E-state index is -3.40. The first-order valence-corrected chi connectivity index (χ1v) is 8.96. The average molecular weight is 312 g/mol. The molecule has 5 nitrogen and oxygen atoms in total. The first kappa shape index (κ1) is 17.5. The number of nitrogens with zero attached hydrogens (tertiary/aromatic N) is 2. The molecule has 1 aromatic carbocycles. The Morgan fingerprint density at radius 2 is 1.62 bits per heavy atom. The molecule has 0 spiro atoms. The summed E-state index contributed by atoms with van der Waals surface area (Å²) in [6.07, 6.45) is 1.34. The Hall–Kier alpha value is -1.56. The minimum absolute atomic E-state index is 0.0271. The minimum Gasteiger partial charge on any atom is -0.343 e. The largest absolute Gasteiger partial charge is 0.343 e. The van der Waals surface area contributed by atoms with Crippen LogP contribution in [0.2, 0.25) is 0 Å². The summed E-state index contributed by atoms with van der Waals surface area (Å²) < 4.78 is 25.2. The summed E-state index contributed by atoms with van der Waals surface area (Å²) in [4.78, 5) is 13.7. The van der Waals surface area contributed by atoms with Gasteiger partial charge in [-0.05, 0) is 32.9 Å². The highest BCUT2D eigenvalue weighted by Crippen LogP contribution is 2.18. The lowest BCUT2D eigenvalue weighted by atomic mass is 10.2. The van der Waals surface area contributed by atoms with Gasteiger partial charge >= 0.3 is 0 Å². The lowest BCUT2D eigenvalue weighted by molar-refractivity contribution is -0.130. The van der Waals surface area contributed by atoms with Crippen LogP contribution in [-0.4, -0.2) is 45.1 Å². The molecule has 0 aliphatic rings. The van der Waals surface area contributed by atoms with Crippen LogP contribution in [0.3, 0.4) is 0 Å². The second kappa shape index (κ2) is 7.45. The maximum Gasteiger partial charge on any atom is 0.232 e. The third kappa shape index (κ3) is 5.04. The molecule has 1 aromatic rings. The molecule has 1 amide bonds. The highest BCUT2D eigenvalue weighted by Gasteiger charge is 2.19. The summed E-state index contributed by atoms with van der Waals surface area (Å²) in [5.41, 5.74) is 1.65. The maximum absolute atomic E-state index is 12.0. The summed E-state index contributed by atoms with van der Waals surface area (Å²) in [5, 5.41) is 0. The standard InChI is InChI=1S/C15H24N2O3S/c1-5-16(6-2)15(18)11-12-17(21(4,19)20)14-9-7-13(3)8-10-14/h7-10H,5-6,11-12H2,1-4H3. The number of hydrogen-bond acceptors (Lipinski definition) is 3. The number of carbonyl (C=O) groups is 1. The van der Waals surface area contributed by atoms with E-state index in [1.54, 1.807) is 17.0 Å². The Balaban J connectivity index is 2.86. The van der Waals surface area contributed by atoms with E-state index in [1.807, 2.05) is 32.9 Å². The van der Waals surface area contributed by atoms with Gasteiger partial charge in [0.1, 0.15) is 0 Å². The number of anilines is 1. The Bertz CT molecular complexity index is 563. The third-order valence-electron chi connectivity index (χ3n) is 3.37.